The maximum Gasteiger partial charge on any atom is 0.0978 e. The number of thiophene rings is 1. The van der Waals surface area contributed by atoms with Gasteiger partial charge in [0, 0.05) is 9.78 Å². The first kappa shape index (κ1) is 16.2. The molecule has 1 nitrogen and oxygen atoms in total. The van der Waals surface area contributed by atoms with Gasteiger partial charge < -0.3 is 0 Å². The van der Waals surface area contributed by atoms with Gasteiger partial charge in [-0.1, -0.05) is 66.5 Å². The molecule has 114 valence electrons. The maximum atomic E-state index is 9.79. The van der Waals surface area contributed by atoms with Crippen LogP contribution in [0.2, 0.25) is 0 Å². The number of thioether (sulfide) groups is 2. The van der Waals surface area contributed by atoms with Gasteiger partial charge in [-0.05, 0) is 35.4 Å². The largest absolute Gasteiger partial charge is 0.193 e. The highest BCUT2D eigenvalue weighted by Gasteiger charge is 2.44. The zero-order chi connectivity index (χ0) is 16.3. The molecule has 2 heterocycles. The second kappa shape index (κ2) is 6.84. The van der Waals surface area contributed by atoms with E-state index in [2.05, 4.69) is 49.2 Å². The number of benzene rings is 1. The fourth-order valence-electron chi connectivity index (χ4n) is 2.58. The Morgan fingerprint density at radius 1 is 1.22 bits per heavy atom. The van der Waals surface area contributed by atoms with Crippen LogP contribution in [0.4, 0.5) is 0 Å². The van der Waals surface area contributed by atoms with Gasteiger partial charge in [0.1, 0.15) is 0 Å². The highest BCUT2D eigenvalue weighted by atomic mass is 32.2. The lowest BCUT2D eigenvalue weighted by Crippen LogP contribution is -2.21. The van der Waals surface area contributed by atoms with Gasteiger partial charge in [0.2, 0.25) is 0 Å². The number of hydrogen-bond acceptors (Lipinski definition) is 4. The van der Waals surface area contributed by atoms with E-state index in [9.17, 15) is 5.26 Å². The van der Waals surface area contributed by atoms with E-state index in [-0.39, 0.29) is 5.41 Å². The van der Waals surface area contributed by atoms with Crippen molar-refractivity contribution < 1.29 is 0 Å². The van der Waals surface area contributed by atoms with Gasteiger partial charge in [-0.2, -0.15) is 5.26 Å². The highest BCUT2D eigenvalue weighted by molar-refractivity contribution is 8.25. The number of hydrogen-bond donors (Lipinski definition) is 0. The van der Waals surface area contributed by atoms with Crippen molar-refractivity contribution >= 4 is 40.9 Å². The molecule has 0 aliphatic carbocycles. The predicted octanol–water partition coefficient (Wildman–Crippen LogP) is 6.41. The van der Waals surface area contributed by atoms with E-state index in [1.54, 1.807) is 28.5 Å². The van der Waals surface area contributed by atoms with Gasteiger partial charge in [0.05, 0.1) is 21.3 Å². The Morgan fingerprint density at radius 3 is 2.61 bits per heavy atom. The summed E-state index contributed by atoms with van der Waals surface area (Å²) in [7, 11) is 0. The molecule has 1 atom stereocenters. The highest BCUT2D eigenvalue weighted by Crippen LogP contribution is 2.59. The van der Waals surface area contributed by atoms with Crippen LogP contribution in [-0.4, -0.2) is 0 Å². The summed E-state index contributed by atoms with van der Waals surface area (Å²) >= 11 is 4.92. The van der Waals surface area contributed by atoms with Crippen LogP contribution in [0.25, 0.3) is 6.08 Å². The molecule has 0 spiro atoms. The van der Waals surface area contributed by atoms with Crippen LogP contribution in [0.5, 0.6) is 0 Å². The number of rotatable bonds is 4. The Morgan fingerprint density at radius 2 is 2.00 bits per heavy atom. The molecular formula is C19H15NS3. The SMILES string of the molecule is C=CSC1=C(C#N)C(C)(c2cccs2)/C(=C/c2ccccc2)S1. The molecule has 3 rings (SSSR count). The molecular weight excluding hydrogens is 338 g/mol. The molecule has 23 heavy (non-hydrogen) atoms. The van der Waals surface area contributed by atoms with Gasteiger partial charge in [0.15, 0.2) is 0 Å². The lowest BCUT2D eigenvalue weighted by molar-refractivity contribution is 0.743. The van der Waals surface area contributed by atoms with Crippen molar-refractivity contribution in [2.75, 3.05) is 0 Å². The smallest absolute Gasteiger partial charge is 0.0978 e. The van der Waals surface area contributed by atoms with Crippen LogP contribution in [0, 0.1) is 11.3 Å². The zero-order valence-corrected chi connectivity index (χ0v) is 15.1. The molecule has 1 aromatic heterocycles. The van der Waals surface area contributed by atoms with E-state index in [0.717, 1.165) is 15.4 Å². The summed E-state index contributed by atoms with van der Waals surface area (Å²) < 4.78 is 1.03. The molecule has 0 bridgehead atoms. The van der Waals surface area contributed by atoms with E-state index in [4.69, 9.17) is 0 Å². The number of allylic oxidation sites excluding steroid dienone is 2. The second-order valence-electron chi connectivity index (χ2n) is 5.18. The van der Waals surface area contributed by atoms with Crippen molar-refractivity contribution in [1.29, 1.82) is 5.26 Å². The van der Waals surface area contributed by atoms with Crippen molar-refractivity contribution in [2.24, 2.45) is 0 Å². The van der Waals surface area contributed by atoms with Gasteiger partial charge >= 0.3 is 0 Å². The molecule has 1 aliphatic heterocycles. The number of nitrogens with zero attached hydrogens (tertiary/aromatic N) is 1. The fraction of sp³-hybridized carbons (Fsp3) is 0.105. The Bertz CT molecular complexity index is 810. The van der Waals surface area contributed by atoms with Crippen LogP contribution < -0.4 is 0 Å². The predicted molar refractivity (Wildman–Crippen MR) is 104 cm³/mol. The quantitative estimate of drug-likeness (QED) is 0.635. The number of nitriles is 1. The van der Waals surface area contributed by atoms with Crippen molar-refractivity contribution in [1.82, 2.24) is 0 Å². The Hall–Kier alpha value is -1.67. The molecule has 0 saturated carbocycles. The van der Waals surface area contributed by atoms with Crippen molar-refractivity contribution in [2.45, 2.75) is 12.3 Å². The second-order valence-corrected chi connectivity index (χ2v) is 8.42. The first-order chi connectivity index (χ1) is 11.2. The van der Waals surface area contributed by atoms with Crippen molar-refractivity contribution in [3.63, 3.8) is 0 Å². The van der Waals surface area contributed by atoms with Gasteiger partial charge in [0.25, 0.3) is 0 Å². The first-order valence-corrected chi connectivity index (χ1v) is 9.69. The molecule has 0 radical (unpaired) electrons. The molecule has 0 fully saturated rings. The summed E-state index contributed by atoms with van der Waals surface area (Å²) in [5.41, 5.74) is 1.59. The van der Waals surface area contributed by atoms with E-state index in [1.165, 1.54) is 21.5 Å². The lowest BCUT2D eigenvalue weighted by Gasteiger charge is -2.25. The molecule has 1 aliphatic rings. The topological polar surface area (TPSA) is 23.8 Å². The van der Waals surface area contributed by atoms with E-state index >= 15 is 0 Å². The lowest BCUT2D eigenvalue weighted by atomic mass is 9.81. The minimum Gasteiger partial charge on any atom is -0.193 e. The Kier molecular flexibility index (Phi) is 4.82. The monoisotopic (exact) mass is 353 g/mol. The third-order valence-electron chi connectivity index (χ3n) is 3.81. The fourth-order valence-corrected chi connectivity index (χ4v) is 5.90. The van der Waals surface area contributed by atoms with Crippen LogP contribution in [0.1, 0.15) is 17.4 Å². The van der Waals surface area contributed by atoms with Crippen LogP contribution in [-0.2, 0) is 5.41 Å². The summed E-state index contributed by atoms with van der Waals surface area (Å²) in [6, 6.07) is 16.9. The standard InChI is InChI=1S/C19H15NS3/c1-3-21-18-15(13-20)19(2,16-10-7-11-22-16)17(23-18)12-14-8-5-4-6-9-14/h3-12H,1H2,2H3/b17-12-. The third kappa shape index (κ3) is 2.92. The van der Waals surface area contributed by atoms with Crippen LogP contribution in [0.3, 0.4) is 0 Å². The first-order valence-electron chi connectivity index (χ1n) is 7.11. The maximum absolute atomic E-state index is 9.79. The minimum atomic E-state index is -0.380. The average molecular weight is 354 g/mol. The third-order valence-corrected chi connectivity index (χ3v) is 7.16. The zero-order valence-electron chi connectivity index (χ0n) is 12.7. The molecule has 1 unspecified atom stereocenters. The molecule has 1 aromatic carbocycles. The average Bonchev–Trinajstić information content (AvgIpc) is 3.18. The van der Waals surface area contributed by atoms with E-state index in [1.807, 2.05) is 24.3 Å². The van der Waals surface area contributed by atoms with E-state index in [0.29, 0.717) is 0 Å². The van der Waals surface area contributed by atoms with Gasteiger partial charge in [-0.15, -0.1) is 11.3 Å². The van der Waals surface area contributed by atoms with Crippen molar-refractivity contribution in [3.05, 3.63) is 85.0 Å². The Labute approximate surface area is 149 Å². The normalized spacial score (nSPS) is 22.3. The summed E-state index contributed by atoms with van der Waals surface area (Å²) in [5.74, 6) is 0. The van der Waals surface area contributed by atoms with Crippen LogP contribution >= 0.6 is 34.9 Å². The van der Waals surface area contributed by atoms with Gasteiger partial charge in [-0.3, -0.25) is 0 Å². The van der Waals surface area contributed by atoms with Crippen molar-refractivity contribution in [3.8, 4) is 6.07 Å². The molecule has 2 aromatic rings. The molecule has 0 amide bonds. The summed E-state index contributed by atoms with van der Waals surface area (Å²) in [4.78, 5) is 2.38. The molecule has 0 saturated heterocycles. The summed E-state index contributed by atoms with van der Waals surface area (Å²) in [5, 5.41) is 13.7. The van der Waals surface area contributed by atoms with Gasteiger partial charge in [-0.25, -0.2) is 0 Å². The van der Waals surface area contributed by atoms with Crippen LogP contribution in [0.15, 0.2) is 74.5 Å². The summed E-state index contributed by atoms with van der Waals surface area (Å²) in [6.45, 7) is 5.95. The Balaban J connectivity index is 2.16. The van der Waals surface area contributed by atoms with E-state index < -0.39 is 0 Å². The molecule has 0 N–H and O–H groups in total. The summed E-state index contributed by atoms with van der Waals surface area (Å²) in [6.07, 6.45) is 2.19. The minimum absolute atomic E-state index is 0.380. The molecule has 4 heteroatoms.